The number of hydrogen-bond acceptors (Lipinski definition) is 2. The zero-order valence-electron chi connectivity index (χ0n) is 10.7. The first-order valence-corrected chi connectivity index (χ1v) is 5.95. The van der Waals surface area contributed by atoms with Crippen LogP contribution in [-0.2, 0) is 0 Å². The molecule has 0 saturated carbocycles. The minimum Gasteiger partial charge on any atom is -0.387 e. The van der Waals surface area contributed by atoms with Gasteiger partial charge in [0.1, 0.15) is 0 Å². The zero-order valence-corrected chi connectivity index (χ0v) is 10.7. The van der Waals surface area contributed by atoms with Crippen molar-refractivity contribution in [2.45, 2.75) is 32.9 Å². The average Bonchev–Trinajstić information content (AvgIpc) is 2.27. The molecule has 0 bridgehead atoms. The lowest BCUT2D eigenvalue weighted by Crippen LogP contribution is -2.36. The van der Waals surface area contributed by atoms with E-state index in [0.29, 0.717) is 5.92 Å². The third kappa shape index (κ3) is 3.62. The summed E-state index contributed by atoms with van der Waals surface area (Å²) in [6.07, 6.45) is -0.412. The number of nitrogens with zero attached hydrogens (tertiary/aromatic N) is 1. The molecule has 2 heteroatoms. The normalized spacial score (nSPS) is 15.4. The Hall–Kier alpha value is -0.860. The molecule has 2 nitrogen and oxygen atoms in total. The first-order valence-electron chi connectivity index (χ1n) is 5.95. The Morgan fingerprint density at radius 3 is 2.19 bits per heavy atom. The van der Waals surface area contributed by atoms with E-state index in [-0.39, 0.29) is 6.04 Å². The summed E-state index contributed by atoms with van der Waals surface area (Å²) < 4.78 is 0. The van der Waals surface area contributed by atoms with Gasteiger partial charge < -0.3 is 10.0 Å². The molecule has 0 aliphatic heterocycles. The van der Waals surface area contributed by atoms with Gasteiger partial charge in [0, 0.05) is 12.6 Å². The molecule has 0 spiro atoms. The molecule has 1 rings (SSSR count). The first-order chi connectivity index (χ1) is 7.52. The van der Waals surface area contributed by atoms with Gasteiger partial charge in [-0.25, -0.2) is 0 Å². The van der Waals surface area contributed by atoms with E-state index < -0.39 is 6.10 Å². The summed E-state index contributed by atoms with van der Waals surface area (Å²) in [7, 11) is 2.07. The number of likely N-dealkylation sites (N-methyl/N-ethyl adjacent to an activating group) is 1. The maximum atomic E-state index is 10.2. The molecule has 1 aromatic carbocycles. The van der Waals surface area contributed by atoms with E-state index in [4.69, 9.17) is 0 Å². The summed E-state index contributed by atoms with van der Waals surface area (Å²) in [5, 5.41) is 10.2. The predicted molar refractivity (Wildman–Crippen MR) is 68.3 cm³/mol. The van der Waals surface area contributed by atoms with Crippen molar-refractivity contribution in [2.75, 3.05) is 13.6 Å². The highest BCUT2D eigenvalue weighted by Crippen LogP contribution is 2.20. The van der Waals surface area contributed by atoms with E-state index >= 15 is 0 Å². The molecule has 90 valence electrons. The number of benzene rings is 1. The Kier molecular flexibility index (Phi) is 4.97. The summed E-state index contributed by atoms with van der Waals surface area (Å²) in [4.78, 5) is 2.21. The fraction of sp³-hybridized carbons (Fsp3) is 0.571. The van der Waals surface area contributed by atoms with Crippen LogP contribution in [0.2, 0.25) is 0 Å². The van der Waals surface area contributed by atoms with Crippen molar-refractivity contribution >= 4 is 0 Å². The lowest BCUT2D eigenvalue weighted by molar-refractivity contribution is 0.0668. The molecule has 1 aromatic rings. The Morgan fingerprint density at radius 2 is 1.69 bits per heavy atom. The molecule has 0 radical (unpaired) electrons. The van der Waals surface area contributed by atoms with Gasteiger partial charge in [0.05, 0.1) is 6.10 Å². The summed E-state index contributed by atoms with van der Waals surface area (Å²) in [6.45, 7) is 7.46. The predicted octanol–water partition coefficient (Wildman–Crippen LogP) is 2.70. The molecule has 0 amide bonds. The summed E-state index contributed by atoms with van der Waals surface area (Å²) in [5.74, 6) is 0.621. The van der Waals surface area contributed by atoms with Crippen LogP contribution in [0.1, 0.15) is 32.4 Å². The van der Waals surface area contributed by atoms with Gasteiger partial charge in [0.15, 0.2) is 0 Å². The number of aliphatic hydroxyl groups is 1. The topological polar surface area (TPSA) is 23.5 Å². The molecule has 2 atom stereocenters. The molecule has 0 unspecified atom stereocenters. The highest BCUT2D eigenvalue weighted by molar-refractivity contribution is 5.18. The second-order valence-corrected chi connectivity index (χ2v) is 4.93. The first kappa shape index (κ1) is 13.2. The molecule has 16 heavy (non-hydrogen) atoms. The number of rotatable bonds is 5. The van der Waals surface area contributed by atoms with E-state index in [2.05, 4.69) is 32.7 Å². The van der Waals surface area contributed by atoms with E-state index in [1.807, 2.05) is 30.3 Å². The molecular weight excluding hydrogens is 198 g/mol. The number of hydrogen-bond donors (Lipinski definition) is 1. The van der Waals surface area contributed by atoms with Gasteiger partial charge >= 0.3 is 0 Å². The monoisotopic (exact) mass is 221 g/mol. The second-order valence-electron chi connectivity index (χ2n) is 4.93. The summed E-state index contributed by atoms with van der Waals surface area (Å²) in [5.41, 5.74) is 0.991. The van der Waals surface area contributed by atoms with Crippen LogP contribution in [0.4, 0.5) is 0 Å². The Morgan fingerprint density at radius 1 is 1.12 bits per heavy atom. The van der Waals surface area contributed by atoms with Gasteiger partial charge in [0.25, 0.3) is 0 Å². The third-order valence-corrected chi connectivity index (χ3v) is 2.95. The molecule has 1 N–H and O–H groups in total. The molecule has 0 aliphatic rings. The Balaban J connectivity index is 2.63. The fourth-order valence-electron chi connectivity index (χ4n) is 1.91. The fourth-order valence-corrected chi connectivity index (χ4v) is 1.91. The lowest BCUT2D eigenvalue weighted by Gasteiger charge is -2.30. The van der Waals surface area contributed by atoms with Crippen LogP contribution in [0, 0.1) is 5.92 Å². The molecule has 0 fully saturated rings. The second kappa shape index (κ2) is 6.02. The largest absolute Gasteiger partial charge is 0.387 e. The smallest absolute Gasteiger partial charge is 0.0942 e. The average molecular weight is 221 g/mol. The van der Waals surface area contributed by atoms with Crippen LogP contribution in [-0.4, -0.2) is 29.6 Å². The van der Waals surface area contributed by atoms with Crippen molar-refractivity contribution in [2.24, 2.45) is 5.92 Å². The summed E-state index contributed by atoms with van der Waals surface area (Å²) in [6, 6.07) is 10.00. The van der Waals surface area contributed by atoms with Crippen LogP contribution in [0.15, 0.2) is 30.3 Å². The third-order valence-electron chi connectivity index (χ3n) is 2.95. The van der Waals surface area contributed by atoms with Gasteiger partial charge in [-0.1, -0.05) is 44.2 Å². The van der Waals surface area contributed by atoms with Crippen LogP contribution in [0.25, 0.3) is 0 Å². The van der Waals surface area contributed by atoms with Crippen LogP contribution < -0.4 is 0 Å². The van der Waals surface area contributed by atoms with Crippen molar-refractivity contribution in [3.63, 3.8) is 0 Å². The van der Waals surface area contributed by atoms with E-state index in [9.17, 15) is 5.11 Å². The standard InChI is InChI=1S/C14H23NO/c1-11(2)10-15(4)12(3)14(16)13-8-6-5-7-9-13/h5-9,11-12,14,16H,10H2,1-4H3/t12-,14-/m0/s1. The van der Waals surface area contributed by atoms with Gasteiger partial charge in [-0.3, -0.25) is 0 Å². The molecule has 0 saturated heterocycles. The molecule has 0 heterocycles. The maximum Gasteiger partial charge on any atom is 0.0942 e. The Labute approximate surface area is 98.9 Å². The lowest BCUT2D eigenvalue weighted by atomic mass is 10.0. The van der Waals surface area contributed by atoms with Crippen LogP contribution in [0.5, 0.6) is 0 Å². The highest BCUT2D eigenvalue weighted by Gasteiger charge is 2.20. The van der Waals surface area contributed by atoms with E-state index in [0.717, 1.165) is 12.1 Å². The van der Waals surface area contributed by atoms with Crippen molar-refractivity contribution in [1.82, 2.24) is 4.90 Å². The van der Waals surface area contributed by atoms with Gasteiger partial charge in [-0.2, -0.15) is 0 Å². The molecule has 0 aliphatic carbocycles. The van der Waals surface area contributed by atoms with Gasteiger partial charge in [0.2, 0.25) is 0 Å². The maximum absolute atomic E-state index is 10.2. The summed E-state index contributed by atoms with van der Waals surface area (Å²) >= 11 is 0. The van der Waals surface area contributed by atoms with Crippen LogP contribution in [0.3, 0.4) is 0 Å². The SMILES string of the molecule is CC(C)CN(C)[C@@H](C)[C@H](O)c1ccccc1. The van der Waals surface area contributed by atoms with E-state index in [1.165, 1.54) is 0 Å². The quantitative estimate of drug-likeness (QED) is 0.826. The minimum absolute atomic E-state index is 0.143. The van der Waals surface area contributed by atoms with Crippen molar-refractivity contribution in [3.05, 3.63) is 35.9 Å². The van der Waals surface area contributed by atoms with E-state index in [1.54, 1.807) is 0 Å². The van der Waals surface area contributed by atoms with Crippen molar-refractivity contribution < 1.29 is 5.11 Å². The minimum atomic E-state index is -0.412. The van der Waals surface area contributed by atoms with Crippen LogP contribution >= 0.6 is 0 Å². The number of aliphatic hydroxyl groups excluding tert-OH is 1. The zero-order chi connectivity index (χ0) is 12.1. The Bertz CT molecular complexity index is 297. The van der Waals surface area contributed by atoms with Gasteiger partial charge in [-0.05, 0) is 25.5 Å². The van der Waals surface area contributed by atoms with Crippen molar-refractivity contribution in [1.29, 1.82) is 0 Å². The molecule has 0 aromatic heterocycles. The van der Waals surface area contributed by atoms with Crippen molar-refractivity contribution in [3.8, 4) is 0 Å². The molecular formula is C14H23NO. The van der Waals surface area contributed by atoms with Gasteiger partial charge in [-0.15, -0.1) is 0 Å². The highest BCUT2D eigenvalue weighted by atomic mass is 16.3.